The van der Waals surface area contributed by atoms with Crippen LogP contribution in [0, 0.1) is 0 Å². The maximum absolute atomic E-state index is 5.66. The normalized spacial score (nSPS) is 28.4. The molecule has 0 amide bonds. The highest BCUT2D eigenvalue weighted by molar-refractivity contribution is 8.05. The number of rotatable bonds is 0. The van der Waals surface area contributed by atoms with E-state index >= 15 is 0 Å². The van der Waals surface area contributed by atoms with E-state index in [-0.39, 0.29) is 6.17 Å². The summed E-state index contributed by atoms with van der Waals surface area (Å²) in [5.41, 5.74) is 14.0. The van der Waals surface area contributed by atoms with Gasteiger partial charge >= 0.3 is 0 Å². The lowest BCUT2D eigenvalue weighted by atomic mass is 10.1. The van der Waals surface area contributed by atoms with Crippen molar-refractivity contribution in [2.75, 3.05) is 0 Å². The molecule has 5 nitrogen and oxygen atoms in total. The maximum Gasteiger partial charge on any atom is 0.195 e. The van der Waals surface area contributed by atoms with Gasteiger partial charge in [-0.1, -0.05) is 17.8 Å². The molecular weight excluding hydrogens is 198 g/mol. The molecule has 0 aromatic carbocycles. The van der Waals surface area contributed by atoms with E-state index in [0.29, 0.717) is 5.96 Å². The van der Waals surface area contributed by atoms with Crippen molar-refractivity contribution in [3.63, 3.8) is 0 Å². The lowest BCUT2D eigenvalue weighted by Gasteiger charge is -2.19. The Morgan fingerprint density at radius 3 is 3.36 bits per heavy atom. The van der Waals surface area contributed by atoms with Gasteiger partial charge in [-0.3, -0.25) is 0 Å². The van der Waals surface area contributed by atoms with Crippen molar-refractivity contribution in [2.24, 2.45) is 10.7 Å². The number of nitrogens with two attached hydrogens (primary N) is 1. The van der Waals surface area contributed by atoms with Crippen molar-refractivity contribution in [1.29, 1.82) is 0 Å². The van der Waals surface area contributed by atoms with Crippen LogP contribution in [0.4, 0.5) is 0 Å². The molecule has 14 heavy (non-hydrogen) atoms. The predicted molar refractivity (Wildman–Crippen MR) is 56.7 cm³/mol. The Bertz CT molecular complexity index is 406. The lowest BCUT2D eigenvalue weighted by molar-refractivity contribution is 0.600. The highest BCUT2D eigenvalue weighted by atomic mass is 32.2. The molecule has 1 fully saturated rings. The van der Waals surface area contributed by atoms with Crippen molar-refractivity contribution in [3.8, 4) is 0 Å². The van der Waals surface area contributed by atoms with Gasteiger partial charge in [0.15, 0.2) is 5.96 Å². The molecule has 3 heterocycles. The van der Waals surface area contributed by atoms with Crippen molar-refractivity contribution in [1.82, 2.24) is 16.2 Å². The van der Waals surface area contributed by atoms with Gasteiger partial charge in [0.05, 0.1) is 10.7 Å². The Kier molecular flexibility index (Phi) is 1.59. The molecule has 1 atom stereocenters. The average Bonchev–Trinajstić information content (AvgIpc) is 2.43. The van der Waals surface area contributed by atoms with Crippen LogP contribution in [0.25, 0.3) is 0 Å². The molecule has 72 valence electrons. The summed E-state index contributed by atoms with van der Waals surface area (Å²) in [6.45, 7) is 0. The molecule has 0 aromatic heterocycles. The van der Waals surface area contributed by atoms with Crippen LogP contribution in [0.1, 0.15) is 0 Å². The zero-order chi connectivity index (χ0) is 9.54. The molecular formula is C8H9N5S. The quantitative estimate of drug-likeness (QED) is 0.438. The molecule has 3 aliphatic heterocycles. The van der Waals surface area contributed by atoms with E-state index in [1.807, 2.05) is 17.6 Å². The predicted octanol–water partition coefficient (Wildman–Crippen LogP) is -0.306. The van der Waals surface area contributed by atoms with Gasteiger partial charge in [-0.15, -0.1) is 0 Å². The third kappa shape index (κ3) is 1.04. The Morgan fingerprint density at radius 2 is 2.43 bits per heavy atom. The highest BCUT2D eigenvalue weighted by Gasteiger charge is 2.31. The molecule has 1 saturated heterocycles. The van der Waals surface area contributed by atoms with Crippen LogP contribution in [-0.4, -0.2) is 12.1 Å². The number of nitrogens with one attached hydrogen (secondary N) is 3. The average molecular weight is 207 g/mol. The summed E-state index contributed by atoms with van der Waals surface area (Å²) in [7, 11) is 0. The number of hydrazine groups is 1. The van der Waals surface area contributed by atoms with Crippen LogP contribution in [-0.2, 0) is 0 Å². The fourth-order valence-electron chi connectivity index (χ4n) is 1.60. The number of thioether (sulfide) groups is 1. The van der Waals surface area contributed by atoms with Gasteiger partial charge in [0.1, 0.15) is 6.17 Å². The number of hydrogen-bond donors (Lipinski definition) is 4. The molecule has 3 aliphatic rings. The Labute approximate surface area is 85.2 Å². The number of hydrogen-bond acceptors (Lipinski definition) is 6. The fourth-order valence-corrected chi connectivity index (χ4v) is 2.40. The topological polar surface area (TPSA) is 74.5 Å². The monoisotopic (exact) mass is 207 g/mol. The first kappa shape index (κ1) is 7.95. The molecule has 0 spiro atoms. The number of aliphatic imine (C=N–C) groups is 1. The first-order chi connectivity index (χ1) is 6.84. The molecule has 0 aliphatic carbocycles. The van der Waals surface area contributed by atoms with E-state index in [0.717, 1.165) is 16.3 Å². The van der Waals surface area contributed by atoms with Gasteiger partial charge in [-0.2, -0.15) is 0 Å². The largest absolute Gasteiger partial charge is 0.370 e. The van der Waals surface area contributed by atoms with Crippen LogP contribution in [0.3, 0.4) is 0 Å². The zero-order valence-electron chi connectivity index (χ0n) is 7.24. The molecule has 6 heteroatoms. The van der Waals surface area contributed by atoms with E-state index in [4.69, 9.17) is 5.73 Å². The molecule has 0 aromatic rings. The van der Waals surface area contributed by atoms with E-state index in [9.17, 15) is 0 Å². The summed E-state index contributed by atoms with van der Waals surface area (Å²) in [4.78, 5) is 4.24. The van der Waals surface area contributed by atoms with Gasteiger partial charge in [-0.25, -0.2) is 10.4 Å². The third-order valence-electron chi connectivity index (χ3n) is 2.19. The van der Waals surface area contributed by atoms with Crippen molar-refractivity contribution in [2.45, 2.75) is 6.17 Å². The maximum atomic E-state index is 5.66. The van der Waals surface area contributed by atoms with E-state index in [1.165, 1.54) is 0 Å². The standard InChI is InChI=1S/C8H9N5S/c9-8-10-6-5-4(12-13-6)2-1-3-14-7(5)11-8/h1-3,6,12-13H,(H3,9,10,11). The van der Waals surface area contributed by atoms with E-state index in [2.05, 4.69) is 21.2 Å². The molecule has 0 radical (unpaired) electrons. The second-order valence-electron chi connectivity index (χ2n) is 3.08. The SMILES string of the molecule is NC1=NC2NNC3=CC=CSC(=C32)N1. The summed E-state index contributed by atoms with van der Waals surface area (Å²) in [5, 5.41) is 6.11. The van der Waals surface area contributed by atoms with Crippen molar-refractivity contribution in [3.05, 3.63) is 33.9 Å². The van der Waals surface area contributed by atoms with Crippen LogP contribution < -0.4 is 21.9 Å². The summed E-state index contributed by atoms with van der Waals surface area (Å²) in [5.74, 6) is 0.451. The summed E-state index contributed by atoms with van der Waals surface area (Å²) >= 11 is 1.61. The highest BCUT2D eigenvalue weighted by Crippen LogP contribution is 2.32. The van der Waals surface area contributed by atoms with Crippen LogP contribution in [0.5, 0.6) is 0 Å². The number of nitrogens with zero attached hydrogens (tertiary/aromatic N) is 1. The minimum absolute atomic E-state index is 0.0649. The minimum Gasteiger partial charge on any atom is -0.370 e. The van der Waals surface area contributed by atoms with E-state index in [1.54, 1.807) is 11.8 Å². The molecule has 0 bridgehead atoms. The first-order valence-electron chi connectivity index (χ1n) is 4.24. The van der Waals surface area contributed by atoms with Crippen LogP contribution in [0.15, 0.2) is 38.9 Å². The van der Waals surface area contributed by atoms with Gasteiger partial charge in [0, 0.05) is 5.57 Å². The second-order valence-corrected chi connectivity index (χ2v) is 4.00. The van der Waals surface area contributed by atoms with Gasteiger partial charge in [0.25, 0.3) is 0 Å². The van der Waals surface area contributed by atoms with Gasteiger partial charge < -0.3 is 16.5 Å². The zero-order valence-corrected chi connectivity index (χ0v) is 8.06. The van der Waals surface area contributed by atoms with Crippen molar-refractivity contribution >= 4 is 17.7 Å². The first-order valence-corrected chi connectivity index (χ1v) is 5.12. The molecule has 0 saturated carbocycles. The van der Waals surface area contributed by atoms with Crippen molar-refractivity contribution < 1.29 is 0 Å². The second kappa shape index (κ2) is 2.79. The smallest absolute Gasteiger partial charge is 0.195 e. The van der Waals surface area contributed by atoms with Gasteiger partial charge in [0.2, 0.25) is 0 Å². The number of allylic oxidation sites excluding steroid dienone is 2. The Morgan fingerprint density at radius 1 is 1.50 bits per heavy atom. The summed E-state index contributed by atoms with van der Waals surface area (Å²) in [6.07, 6.45) is 3.94. The van der Waals surface area contributed by atoms with Crippen LogP contribution >= 0.6 is 11.8 Å². The Balaban J connectivity index is 2.11. The number of guanidine groups is 1. The molecule has 3 rings (SSSR count). The fraction of sp³-hybridized carbons (Fsp3) is 0.125. The molecule has 1 unspecified atom stereocenters. The summed E-state index contributed by atoms with van der Waals surface area (Å²) < 4.78 is 0. The summed E-state index contributed by atoms with van der Waals surface area (Å²) in [6, 6.07) is 0. The minimum atomic E-state index is -0.0649. The van der Waals surface area contributed by atoms with E-state index < -0.39 is 0 Å². The van der Waals surface area contributed by atoms with Crippen LogP contribution in [0.2, 0.25) is 0 Å². The Hall–Kier alpha value is -1.40. The van der Waals surface area contributed by atoms with Gasteiger partial charge in [-0.05, 0) is 11.5 Å². The lowest BCUT2D eigenvalue weighted by Crippen LogP contribution is -2.40. The molecule has 5 N–H and O–H groups in total. The third-order valence-corrected chi connectivity index (χ3v) is 3.04.